The fourth-order valence-electron chi connectivity index (χ4n) is 11.6. The average Bonchev–Trinajstić information content (AvgIpc) is 3.70. The molecular formula is C56H51N. The van der Waals surface area contributed by atoms with Crippen molar-refractivity contribution in [2.75, 3.05) is 4.90 Å². The second-order valence-electron chi connectivity index (χ2n) is 18.6. The van der Waals surface area contributed by atoms with Crippen molar-refractivity contribution in [3.05, 3.63) is 196 Å². The van der Waals surface area contributed by atoms with E-state index in [1.807, 2.05) is 0 Å². The van der Waals surface area contributed by atoms with Gasteiger partial charge < -0.3 is 4.90 Å². The van der Waals surface area contributed by atoms with Crippen LogP contribution in [0.2, 0.25) is 0 Å². The van der Waals surface area contributed by atoms with Gasteiger partial charge in [0.1, 0.15) is 0 Å². The number of nitrogens with zero attached hydrogens (tertiary/aromatic N) is 1. The van der Waals surface area contributed by atoms with Gasteiger partial charge in [0, 0.05) is 16.9 Å². The van der Waals surface area contributed by atoms with E-state index in [0.29, 0.717) is 0 Å². The first-order chi connectivity index (χ1) is 27.7. The number of fused-ring (bicyclic) bond motifs is 12. The van der Waals surface area contributed by atoms with Crippen LogP contribution in [0.1, 0.15) is 103 Å². The molecule has 0 aliphatic heterocycles. The molecule has 0 N–H and O–H groups in total. The van der Waals surface area contributed by atoms with Crippen LogP contribution in [0.25, 0.3) is 33.4 Å². The lowest BCUT2D eigenvalue weighted by atomic mass is 9.63. The lowest BCUT2D eigenvalue weighted by Gasteiger charge is -2.42. The molecule has 280 valence electrons. The number of hydrogen-bond acceptors (Lipinski definition) is 1. The molecule has 4 aliphatic rings. The van der Waals surface area contributed by atoms with Crippen LogP contribution in [-0.4, -0.2) is 0 Å². The standard InChI is InChI=1S/C56H51N/c1-36-27-28-37-17-9-10-20-40(37)53(36)45-34-44-43-23-13-16-26-48(43)56(46-24-14-11-21-41(46)42-22-12-15-25-47(42)56)50(44)35-52(45)57(38-18-7-6-8-19-38)39-29-30-49-51(33-39)55(4,5)32-31-54(49,2)3/h6-8,11-16,18-19,21-30,33-35H,9-10,17,20,31-32H2,1-5H3. The topological polar surface area (TPSA) is 3.24 Å². The monoisotopic (exact) mass is 737 g/mol. The minimum absolute atomic E-state index is 0.0854. The van der Waals surface area contributed by atoms with Gasteiger partial charge in [0.2, 0.25) is 0 Å². The zero-order valence-corrected chi connectivity index (χ0v) is 34.0. The summed E-state index contributed by atoms with van der Waals surface area (Å²) in [7, 11) is 0. The van der Waals surface area contributed by atoms with Crippen molar-refractivity contribution in [3.63, 3.8) is 0 Å². The molecule has 1 nitrogen and oxygen atoms in total. The SMILES string of the molecule is Cc1ccc2c(c1-c1cc3c(cc1N(c1ccccc1)c1ccc4c(c1)C(C)(C)CCC4(C)C)C1(c4ccccc4-c4ccccc41)c1ccccc1-3)CCCC2. The summed E-state index contributed by atoms with van der Waals surface area (Å²) in [6.45, 7) is 12.1. The summed E-state index contributed by atoms with van der Waals surface area (Å²) in [6.07, 6.45) is 7.16. The Bertz CT molecular complexity index is 2720. The molecular weight excluding hydrogens is 687 g/mol. The molecule has 0 bridgehead atoms. The highest BCUT2D eigenvalue weighted by molar-refractivity contribution is 6.01. The summed E-state index contributed by atoms with van der Waals surface area (Å²) >= 11 is 0. The Labute approximate surface area is 339 Å². The van der Waals surface area contributed by atoms with Crippen molar-refractivity contribution < 1.29 is 0 Å². The molecule has 0 aromatic heterocycles. The molecule has 0 amide bonds. The van der Waals surface area contributed by atoms with Crippen LogP contribution < -0.4 is 4.90 Å². The van der Waals surface area contributed by atoms with Crippen LogP contribution in [0.5, 0.6) is 0 Å². The predicted molar refractivity (Wildman–Crippen MR) is 240 cm³/mol. The van der Waals surface area contributed by atoms with E-state index in [-0.39, 0.29) is 10.8 Å². The van der Waals surface area contributed by atoms with Gasteiger partial charge >= 0.3 is 0 Å². The second-order valence-corrected chi connectivity index (χ2v) is 18.6. The summed E-state index contributed by atoms with van der Waals surface area (Å²) in [5.41, 5.74) is 24.5. The molecule has 57 heavy (non-hydrogen) atoms. The summed E-state index contributed by atoms with van der Waals surface area (Å²) in [6, 6.07) is 56.3. The molecule has 1 heteroatoms. The van der Waals surface area contributed by atoms with Crippen LogP contribution in [0.4, 0.5) is 17.1 Å². The quantitative estimate of drug-likeness (QED) is 0.174. The van der Waals surface area contributed by atoms with E-state index < -0.39 is 5.41 Å². The lowest BCUT2D eigenvalue weighted by molar-refractivity contribution is 0.332. The van der Waals surface area contributed by atoms with E-state index in [0.717, 1.165) is 12.8 Å². The van der Waals surface area contributed by atoms with Crippen LogP contribution >= 0.6 is 0 Å². The van der Waals surface area contributed by atoms with Crippen molar-refractivity contribution in [1.29, 1.82) is 0 Å². The summed E-state index contributed by atoms with van der Waals surface area (Å²) in [5.74, 6) is 0. The molecule has 0 atom stereocenters. The maximum absolute atomic E-state index is 2.63. The molecule has 0 saturated heterocycles. The Morgan fingerprint density at radius 1 is 0.439 bits per heavy atom. The third-order valence-electron chi connectivity index (χ3n) is 14.5. The first kappa shape index (κ1) is 34.6. The van der Waals surface area contributed by atoms with Crippen molar-refractivity contribution >= 4 is 17.1 Å². The number of rotatable bonds is 4. The fraction of sp³-hybridized carbons (Fsp3) is 0.250. The Hall–Kier alpha value is -5.66. The molecule has 0 radical (unpaired) electrons. The van der Waals surface area contributed by atoms with Crippen molar-refractivity contribution in [1.82, 2.24) is 0 Å². The third kappa shape index (κ3) is 4.87. The third-order valence-corrected chi connectivity index (χ3v) is 14.5. The number of para-hydroxylation sites is 1. The molecule has 4 aliphatic carbocycles. The largest absolute Gasteiger partial charge is 0.310 e. The van der Waals surface area contributed by atoms with E-state index in [9.17, 15) is 0 Å². The van der Waals surface area contributed by atoms with E-state index in [2.05, 4.69) is 185 Å². The maximum atomic E-state index is 2.63. The zero-order valence-electron chi connectivity index (χ0n) is 34.0. The Balaban J connectivity index is 1.28. The minimum atomic E-state index is -0.429. The Morgan fingerprint density at radius 2 is 1.02 bits per heavy atom. The molecule has 0 unspecified atom stereocenters. The number of hydrogen-bond donors (Lipinski definition) is 0. The highest BCUT2D eigenvalue weighted by Crippen LogP contribution is 2.64. The smallest absolute Gasteiger partial charge is 0.0726 e. The van der Waals surface area contributed by atoms with Crippen molar-refractivity contribution in [2.45, 2.75) is 89.4 Å². The molecule has 1 spiro atoms. The molecule has 0 fully saturated rings. The Morgan fingerprint density at radius 3 is 1.68 bits per heavy atom. The highest BCUT2D eigenvalue weighted by atomic mass is 15.1. The highest BCUT2D eigenvalue weighted by Gasteiger charge is 2.52. The predicted octanol–water partition coefficient (Wildman–Crippen LogP) is 14.7. The van der Waals surface area contributed by atoms with Crippen molar-refractivity contribution in [2.24, 2.45) is 0 Å². The van der Waals surface area contributed by atoms with Crippen LogP contribution in [0.3, 0.4) is 0 Å². The molecule has 0 saturated carbocycles. The maximum Gasteiger partial charge on any atom is 0.0726 e. The first-order valence-electron chi connectivity index (χ1n) is 21.3. The van der Waals surface area contributed by atoms with Gasteiger partial charge in [0.15, 0.2) is 0 Å². The van der Waals surface area contributed by atoms with Crippen LogP contribution in [-0.2, 0) is 29.1 Å². The van der Waals surface area contributed by atoms with Gasteiger partial charge in [-0.05, 0) is 171 Å². The minimum Gasteiger partial charge on any atom is -0.310 e. The van der Waals surface area contributed by atoms with Gasteiger partial charge in [-0.3, -0.25) is 0 Å². The first-order valence-corrected chi connectivity index (χ1v) is 21.3. The fourth-order valence-corrected chi connectivity index (χ4v) is 11.6. The van der Waals surface area contributed by atoms with E-state index in [4.69, 9.17) is 0 Å². The average molecular weight is 738 g/mol. The van der Waals surface area contributed by atoms with Gasteiger partial charge in [-0.2, -0.15) is 0 Å². The van der Waals surface area contributed by atoms with Crippen LogP contribution in [0.15, 0.2) is 146 Å². The number of anilines is 3. The van der Waals surface area contributed by atoms with Gasteiger partial charge in [0.05, 0.1) is 11.1 Å². The van der Waals surface area contributed by atoms with E-state index >= 15 is 0 Å². The molecule has 0 heterocycles. The van der Waals surface area contributed by atoms with Gasteiger partial charge in [-0.1, -0.05) is 137 Å². The van der Waals surface area contributed by atoms with Crippen molar-refractivity contribution in [3.8, 4) is 33.4 Å². The van der Waals surface area contributed by atoms with E-state index in [1.54, 1.807) is 5.56 Å². The van der Waals surface area contributed by atoms with E-state index in [1.165, 1.54) is 121 Å². The zero-order chi connectivity index (χ0) is 38.7. The summed E-state index contributed by atoms with van der Waals surface area (Å²) in [4.78, 5) is 2.61. The molecule has 7 aromatic carbocycles. The number of aryl methyl sites for hydroxylation is 2. The van der Waals surface area contributed by atoms with Gasteiger partial charge in [0.25, 0.3) is 0 Å². The summed E-state index contributed by atoms with van der Waals surface area (Å²) in [5, 5.41) is 0. The van der Waals surface area contributed by atoms with Crippen LogP contribution in [0, 0.1) is 6.92 Å². The van der Waals surface area contributed by atoms with Gasteiger partial charge in [-0.15, -0.1) is 0 Å². The second kappa shape index (κ2) is 12.4. The lowest BCUT2D eigenvalue weighted by Crippen LogP contribution is -2.34. The number of benzene rings is 7. The normalized spacial score (nSPS) is 17.2. The summed E-state index contributed by atoms with van der Waals surface area (Å²) < 4.78 is 0. The molecule has 11 rings (SSSR count). The molecule has 7 aromatic rings. The van der Waals surface area contributed by atoms with Gasteiger partial charge in [-0.25, -0.2) is 0 Å². The Kier molecular flexibility index (Phi) is 7.53.